The van der Waals surface area contributed by atoms with Crippen molar-refractivity contribution in [2.45, 2.75) is 37.8 Å². The summed E-state index contributed by atoms with van der Waals surface area (Å²) < 4.78 is 10.8. The molecule has 0 spiro atoms. The number of hydrogen-bond donors (Lipinski definition) is 3. The van der Waals surface area contributed by atoms with Gasteiger partial charge in [0, 0.05) is 51.6 Å². The number of carbonyl (C=O) groups excluding carboxylic acids is 1. The van der Waals surface area contributed by atoms with E-state index < -0.39 is 6.09 Å². The summed E-state index contributed by atoms with van der Waals surface area (Å²) in [6.07, 6.45) is 3.96. The van der Waals surface area contributed by atoms with E-state index in [1.165, 1.54) is 4.90 Å². The first kappa shape index (κ1) is 22.6. The highest BCUT2D eigenvalue weighted by molar-refractivity contribution is 5.75. The van der Waals surface area contributed by atoms with Gasteiger partial charge >= 0.3 is 12.1 Å². The molecule has 0 aliphatic carbocycles. The standard InChI is InChI=1S/C22H33N5O5/c28-21(24-18-5-11-31-12-6-18)25-20(16-3-7-27(8-4-16)22(29)30)17-1-2-19(23-15-17)26-9-13-32-14-10-26/h1-2,15-16,18,20H,3-14H2,(H,29,30)(H2,24,25,28). The predicted molar refractivity (Wildman–Crippen MR) is 118 cm³/mol. The highest BCUT2D eigenvalue weighted by Gasteiger charge is 2.31. The summed E-state index contributed by atoms with van der Waals surface area (Å²) in [6.45, 7) is 5.29. The Morgan fingerprint density at radius 2 is 1.69 bits per heavy atom. The van der Waals surface area contributed by atoms with E-state index in [0.717, 1.165) is 37.3 Å². The Morgan fingerprint density at radius 3 is 2.31 bits per heavy atom. The average Bonchev–Trinajstić information content (AvgIpc) is 2.84. The maximum absolute atomic E-state index is 12.8. The van der Waals surface area contributed by atoms with Crippen molar-refractivity contribution in [1.82, 2.24) is 20.5 Å². The van der Waals surface area contributed by atoms with Crippen LogP contribution >= 0.6 is 0 Å². The van der Waals surface area contributed by atoms with Crippen molar-refractivity contribution in [3.05, 3.63) is 23.9 Å². The van der Waals surface area contributed by atoms with Crippen LogP contribution < -0.4 is 15.5 Å². The Morgan fingerprint density at radius 1 is 1.00 bits per heavy atom. The summed E-state index contributed by atoms with van der Waals surface area (Å²) in [5.41, 5.74) is 0.943. The molecular weight excluding hydrogens is 414 g/mol. The second-order valence-electron chi connectivity index (χ2n) is 8.64. The molecule has 0 radical (unpaired) electrons. The van der Waals surface area contributed by atoms with Crippen molar-refractivity contribution in [3.63, 3.8) is 0 Å². The van der Waals surface area contributed by atoms with Crippen LogP contribution in [0.3, 0.4) is 0 Å². The van der Waals surface area contributed by atoms with Crippen LogP contribution in [0, 0.1) is 5.92 Å². The monoisotopic (exact) mass is 447 g/mol. The Kier molecular flexibility index (Phi) is 7.64. The fourth-order valence-electron chi connectivity index (χ4n) is 4.67. The van der Waals surface area contributed by atoms with Gasteiger partial charge in [0.15, 0.2) is 0 Å². The lowest BCUT2D eigenvalue weighted by Gasteiger charge is -2.36. The third-order valence-electron chi connectivity index (χ3n) is 6.59. The molecule has 3 aliphatic rings. The molecular formula is C22H33N5O5. The second-order valence-corrected chi connectivity index (χ2v) is 8.64. The van der Waals surface area contributed by atoms with Crippen LogP contribution in [0.25, 0.3) is 0 Å². The summed E-state index contributed by atoms with van der Waals surface area (Å²) in [6, 6.07) is 3.72. The van der Waals surface area contributed by atoms with Crippen LogP contribution in [-0.2, 0) is 9.47 Å². The van der Waals surface area contributed by atoms with E-state index in [2.05, 4.69) is 20.5 Å². The van der Waals surface area contributed by atoms with Crippen LogP contribution in [-0.4, -0.2) is 85.8 Å². The molecule has 1 unspecified atom stereocenters. The minimum atomic E-state index is -0.887. The lowest BCUT2D eigenvalue weighted by Crippen LogP contribution is -2.48. The minimum Gasteiger partial charge on any atom is -0.465 e. The zero-order chi connectivity index (χ0) is 22.3. The first-order valence-corrected chi connectivity index (χ1v) is 11.5. The van der Waals surface area contributed by atoms with Gasteiger partial charge in [-0.25, -0.2) is 14.6 Å². The van der Waals surface area contributed by atoms with Crippen LogP contribution in [0.4, 0.5) is 15.4 Å². The highest BCUT2D eigenvalue weighted by atomic mass is 16.5. The van der Waals surface area contributed by atoms with E-state index in [9.17, 15) is 14.7 Å². The van der Waals surface area contributed by atoms with Crippen molar-refractivity contribution < 1.29 is 24.2 Å². The van der Waals surface area contributed by atoms with E-state index in [4.69, 9.17) is 9.47 Å². The molecule has 1 aromatic heterocycles. The number of hydrogen-bond acceptors (Lipinski definition) is 6. The molecule has 176 valence electrons. The number of piperidine rings is 1. The smallest absolute Gasteiger partial charge is 0.407 e. The number of carboxylic acid groups (broad SMARTS) is 1. The quantitative estimate of drug-likeness (QED) is 0.631. The molecule has 0 saturated carbocycles. The Bertz CT molecular complexity index is 756. The van der Waals surface area contributed by atoms with E-state index in [-0.39, 0.29) is 24.0 Å². The summed E-state index contributed by atoms with van der Waals surface area (Å²) in [4.78, 5) is 32.4. The molecule has 10 nitrogen and oxygen atoms in total. The van der Waals surface area contributed by atoms with Gasteiger partial charge in [0.2, 0.25) is 0 Å². The first-order chi connectivity index (χ1) is 15.6. The van der Waals surface area contributed by atoms with Gasteiger partial charge in [0.1, 0.15) is 5.82 Å². The van der Waals surface area contributed by atoms with Crippen molar-refractivity contribution in [3.8, 4) is 0 Å². The lowest BCUT2D eigenvalue weighted by molar-refractivity contribution is 0.0795. The number of carbonyl (C=O) groups is 2. The molecule has 1 aromatic rings. The van der Waals surface area contributed by atoms with Crippen LogP contribution in [0.5, 0.6) is 0 Å². The fraction of sp³-hybridized carbons (Fsp3) is 0.682. The number of aromatic nitrogens is 1. The largest absolute Gasteiger partial charge is 0.465 e. The molecule has 3 N–H and O–H groups in total. The van der Waals surface area contributed by atoms with Crippen molar-refractivity contribution in [2.24, 2.45) is 5.92 Å². The van der Waals surface area contributed by atoms with Crippen molar-refractivity contribution in [1.29, 1.82) is 0 Å². The van der Waals surface area contributed by atoms with Crippen LogP contribution in [0.2, 0.25) is 0 Å². The number of nitrogens with zero attached hydrogens (tertiary/aromatic N) is 3. The number of anilines is 1. The van der Waals surface area contributed by atoms with Gasteiger partial charge < -0.3 is 35.0 Å². The maximum atomic E-state index is 12.8. The third kappa shape index (κ3) is 5.80. The number of pyridine rings is 1. The molecule has 4 heterocycles. The minimum absolute atomic E-state index is 0.111. The van der Waals surface area contributed by atoms with Crippen molar-refractivity contribution in [2.75, 3.05) is 57.5 Å². The van der Waals surface area contributed by atoms with Gasteiger partial charge in [0.25, 0.3) is 0 Å². The number of nitrogens with one attached hydrogen (secondary N) is 2. The van der Waals surface area contributed by atoms with E-state index >= 15 is 0 Å². The number of urea groups is 1. The number of rotatable bonds is 5. The Balaban J connectivity index is 1.45. The predicted octanol–water partition coefficient (Wildman–Crippen LogP) is 1.83. The SMILES string of the molecule is O=C(NC1CCOCC1)NC(c1ccc(N2CCOCC2)nc1)C1CCN(C(=O)O)CC1. The van der Waals surface area contributed by atoms with Crippen LogP contribution in [0.1, 0.15) is 37.3 Å². The maximum Gasteiger partial charge on any atom is 0.407 e. The molecule has 32 heavy (non-hydrogen) atoms. The van der Waals surface area contributed by atoms with Gasteiger partial charge in [-0.05, 0) is 43.2 Å². The van der Waals surface area contributed by atoms with E-state index in [1.54, 1.807) is 0 Å². The zero-order valence-electron chi connectivity index (χ0n) is 18.4. The molecule has 0 aromatic carbocycles. The summed E-state index contributed by atoms with van der Waals surface area (Å²) in [5.74, 6) is 1.05. The summed E-state index contributed by atoms with van der Waals surface area (Å²) in [7, 11) is 0. The van der Waals surface area contributed by atoms with Crippen LogP contribution in [0.15, 0.2) is 18.3 Å². The normalized spacial score (nSPS) is 21.8. The number of likely N-dealkylation sites (tertiary alicyclic amines) is 1. The van der Waals surface area contributed by atoms with Gasteiger partial charge in [-0.1, -0.05) is 6.07 Å². The Labute approximate surface area is 188 Å². The topological polar surface area (TPSA) is 116 Å². The molecule has 10 heteroatoms. The number of amides is 3. The van der Waals surface area contributed by atoms with E-state index in [0.29, 0.717) is 52.4 Å². The molecule has 0 bridgehead atoms. The lowest BCUT2D eigenvalue weighted by atomic mass is 9.86. The molecule has 3 fully saturated rings. The second kappa shape index (κ2) is 10.8. The highest BCUT2D eigenvalue weighted by Crippen LogP contribution is 2.31. The first-order valence-electron chi connectivity index (χ1n) is 11.5. The van der Waals surface area contributed by atoms with E-state index in [1.807, 2.05) is 18.3 Å². The number of ether oxygens (including phenoxy) is 2. The molecule has 3 aliphatic heterocycles. The molecule has 1 atom stereocenters. The molecule has 4 rings (SSSR count). The average molecular weight is 448 g/mol. The van der Waals surface area contributed by atoms with Gasteiger partial charge in [-0.15, -0.1) is 0 Å². The zero-order valence-corrected chi connectivity index (χ0v) is 18.4. The third-order valence-corrected chi connectivity index (χ3v) is 6.59. The van der Waals surface area contributed by atoms with Gasteiger partial charge in [0.05, 0.1) is 19.3 Å². The molecule has 3 saturated heterocycles. The number of morpholine rings is 1. The van der Waals surface area contributed by atoms with Crippen molar-refractivity contribution >= 4 is 17.9 Å². The molecule has 3 amide bonds. The fourth-order valence-corrected chi connectivity index (χ4v) is 4.67. The summed E-state index contributed by atoms with van der Waals surface area (Å²) >= 11 is 0. The Hall–Kier alpha value is -2.59. The van der Waals surface area contributed by atoms with Gasteiger partial charge in [-0.3, -0.25) is 0 Å². The van der Waals surface area contributed by atoms with Gasteiger partial charge in [-0.2, -0.15) is 0 Å². The summed E-state index contributed by atoms with van der Waals surface area (Å²) in [5, 5.41) is 15.5.